The summed E-state index contributed by atoms with van der Waals surface area (Å²) in [5, 5.41) is 5.26. The lowest BCUT2D eigenvalue weighted by Gasteiger charge is -2.09. The van der Waals surface area contributed by atoms with Gasteiger partial charge in [-0.1, -0.05) is 11.6 Å². The molecule has 0 aliphatic rings. The number of amides is 2. The molecule has 0 spiro atoms. The van der Waals surface area contributed by atoms with Crippen LogP contribution in [0.5, 0.6) is 0 Å². The van der Waals surface area contributed by atoms with E-state index in [9.17, 15) is 9.59 Å². The largest absolute Gasteiger partial charge is 0.326 e. The number of urea groups is 1. The van der Waals surface area contributed by atoms with Crippen molar-refractivity contribution in [1.29, 1.82) is 0 Å². The van der Waals surface area contributed by atoms with E-state index in [1.807, 2.05) is 0 Å². The van der Waals surface area contributed by atoms with Crippen molar-refractivity contribution in [3.8, 4) is 0 Å². The number of halogens is 1. The quantitative estimate of drug-likeness (QED) is 0.789. The van der Waals surface area contributed by atoms with Gasteiger partial charge in [0.2, 0.25) is 0 Å². The Kier molecular flexibility index (Phi) is 3.99. The Bertz CT molecular complexity index is 696. The average molecular weight is 294 g/mol. The van der Waals surface area contributed by atoms with Crippen LogP contribution in [0.15, 0.2) is 23.4 Å². The topological polar surface area (TPSA) is 99.8 Å². The van der Waals surface area contributed by atoms with Crippen molar-refractivity contribution >= 4 is 29.1 Å². The number of aryl methyl sites for hydroxylation is 1. The maximum atomic E-state index is 11.8. The number of carbonyl (C=O) groups is 1. The molecule has 2 aromatic heterocycles. The summed E-state index contributed by atoms with van der Waals surface area (Å²) < 4.78 is 0. The highest BCUT2D eigenvalue weighted by Gasteiger charge is 2.11. The first-order chi connectivity index (χ1) is 9.47. The van der Waals surface area contributed by atoms with Crippen molar-refractivity contribution < 1.29 is 4.79 Å². The summed E-state index contributed by atoms with van der Waals surface area (Å²) in [5.41, 5.74) is 0.880. The predicted octanol–water partition coefficient (Wildman–Crippen LogP) is 2.08. The fourth-order valence-electron chi connectivity index (χ4n) is 1.47. The van der Waals surface area contributed by atoms with E-state index >= 15 is 0 Å². The summed E-state index contributed by atoms with van der Waals surface area (Å²) >= 11 is 5.88. The molecule has 0 aromatic carbocycles. The monoisotopic (exact) mass is 293 g/mol. The molecule has 0 bridgehead atoms. The molecule has 0 fully saturated rings. The van der Waals surface area contributed by atoms with Crippen LogP contribution in [0.2, 0.25) is 5.02 Å². The minimum absolute atomic E-state index is 0.0927. The number of pyridine rings is 1. The van der Waals surface area contributed by atoms with Crippen LogP contribution in [0.25, 0.3) is 0 Å². The smallest absolute Gasteiger partial charge is 0.325 e. The Morgan fingerprint density at radius 1 is 1.25 bits per heavy atom. The van der Waals surface area contributed by atoms with E-state index in [4.69, 9.17) is 11.6 Å². The third kappa shape index (κ3) is 3.12. The molecule has 0 radical (unpaired) electrons. The Hall–Kier alpha value is -2.41. The maximum Gasteiger partial charge on any atom is 0.325 e. The second-order valence-electron chi connectivity index (χ2n) is 4.09. The second-order valence-corrected chi connectivity index (χ2v) is 4.50. The number of hydrogen-bond donors (Lipinski definition) is 3. The van der Waals surface area contributed by atoms with Gasteiger partial charge in [-0.15, -0.1) is 0 Å². The molecule has 104 valence electrons. The molecule has 2 rings (SSSR count). The molecule has 20 heavy (non-hydrogen) atoms. The summed E-state index contributed by atoms with van der Waals surface area (Å²) in [6, 6.07) is -0.598. The third-order valence-electron chi connectivity index (χ3n) is 2.55. The lowest BCUT2D eigenvalue weighted by Crippen LogP contribution is -2.25. The number of anilines is 2. The van der Waals surface area contributed by atoms with Gasteiger partial charge in [0.05, 0.1) is 23.1 Å². The SMILES string of the molecule is Cc1cnc(NC(=O)Nc2c(C)c(Cl)c[nH]c2=O)cn1. The van der Waals surface area contributed by atoms with E-state index < -0.39 is 11.6 Å². The van der Waals surface area contributed by atoms with E-state index in [-0.39, 0.29) is 11.5 Å². The Labute approximate surface area is 119 Å². The van der Waals surface area contributed by atoms with Gasteiger partial charge in [0.25, 0.3) is 5.56 Å². The predicted molar refractivity (Wildman–Crippen MR) is 76.2 cm³/mol. The van der Waals surface area contributed by atoms with Gasteiger partial charge in [0.15, 0.2) is 5.82 Å². The normalized spacial score (nSPS) is 10.2. The Morgan fingerprint density at radius 2 is 2.00 bits per heavy atom. The fourth-order valence-corrected chi connectivity index (χ4v) is 1.62. The van der Waals surface area contributed by atoms with Crippen molar-refractivity contribution in [2.75, 3.05) is 10.6 Å². The fraction of sp³-hybridized carbons (Fsp3) is 0.167. The van der Waals surface area contributed by atoms with Crippen molar-refractivity contribution in [3.63, 3.8) is 0 Å². The summed E-state index contributed by atoms with van der Waals surface area (Å²) in [5.74, 6) is 0.282. The highest BCUT2D eigenvalue weighted by Crippen LogP contribution is 2.18. The first-order valence-corrected chi connectivity index (χ1v) is 6.09. The number of hydrogen-bond acceptors (Lipinski definition) is 4. The third-order valence-corrected chi connectivity index (χ3v) is 2.94. The van der Waals surface area contributed by atoms with Crippen LogP contribution >= 0.6 is 11.6 Å². The number of nitrogens with one attached hydrogen (secondary N) is 3. The van der Waals surface area contributed by atoms with Gasteiger partial charge in [-0.3, -0.25) is 15.1 Å². The van der Waals surface area contributed by atoms with Crippen LogP contribution in [0.1, 0.15) is 11.3 Å². The standard InChI is InChI=1S/C12H12ClN5O2/c1-6-3-15-9(5-14-6)17-12(20)18-10-7(2)8(13)4-16-11(10)19/h3-5H,1-2H3,(H,16,19)(H2,15,17,18,20). The Balaban J connectivity index is 2.14. The van der Waals surface area contributed by atoms with Crippen LogP contribution in [0.4, 0.5) is 16.3 Å². The molecular weight excluding hydrogens is 282 g/mol. The number of carbonyl (C=O) groups excluding carboxylic acids is 1. The van der Waals surface area contributed by atoms with E-state index in [0.717, 1.165) is 5.69 Å². The zero-order chi connectivity index (χ0) is 14.7. The molecule has 3 N–H and O–H groups in total. The van der Waals surface area contributed by atoms with E-state index in [1.165, 1.54) is 18.6 Å². The number of aromatic amines is 1. The van der Waals surface area contributed by atoms with Gasteiger partial charge in [0, 0.05) is 6.20 Å². The summed E-state index contributed by atoms with van der Waals surface area (Å²) in [6.45, 7) is 3.42. The van der Waals surface area contributed by atoms with Gasteiger partial charge in [0.1, 0.15) is 5.69 Å². The van der Waals surface area contributed by atoms with E-state index in [0.29, 0.717) is 10.6 Å². The molecule has 0 unspecified atom stereocenters. The molecule has 0 saturated heterocycles. The van der Waals surface area contributed by atoms with Crippen molar-refractivity contribution in [1.82, 2.24) is 15.0 Å². The second kappa shape index (κ2) is 5.70. The highest BCUT2D eigenvalue weighted by molar-refractivity contribution is 6.31. The van der Waals surface area contributed by atoms with Crippen LogP contribution in [-0.2, 0) is 0 Å². The molecule has 0 atom stereocenters. The number of nitrogens with zero attached hydrogens (tertiary/aromatic N) is 2. The molecule has 8 heteroatoms. The Morgan fingerprint density at radius 3 is 2.65 bits per heavy atom. The maximum absolute atomic E-state index is 11.8. The van der Waals surface area contributed by atoms with E-state index in [1.54, 1.807) is 13.8 Å². The summed E-state index contributed by atoms with van der Waals surface area (Å²) in [6.07, 6.45) is 4.31. The van der Waals surface area contributed by atoms with Crippen LogP contribution in [0.3, 0.4) is 0 Å². The zero-order valence-electron chi connectivity index (χ0n) is 10.8. The minimum atomic E-state index is -0.598. The zero-order valence-corrected chi connectivity index (χ0v) is 11.6. The lowest BCUT2D eigenvalue weighted by atomic mass is 10.2. The van der Waals surface area contributed by atoms with Crippen molar-refractivity contribution in [2.45, 2.75) is 13.8 Å². The van der Waals surface area contributed by atoms with Gasteiger partial charge in [-0.25, -0.2) is 9.78 Å². The van der Waals surface area contributed by atoms with Crippen LogP contribution in [0, 0.1) is 13.8 Å². The van der Waals surface area contributed by atoms with Crippen molar-refractivity contribution in [3.05, 3.63) is 45.2 Å². The molecule has 7 nitrogen and oxygen atoms in total. The minimum Gasteiger partial charge on any atom is -0.326 e. The van der Waals surface area contributed by atoms with Gasteiger partial charge in [-0.05, 0) is 19.4 Å². The molecule has 2 heterocycles. The molecular formula is C12H12ClN5O2. The van der Waals surface area contributed by atoms with Gasteiger partial charge in [-0.2, -0.15) is 0 Å². The first kappa shape index (κ1) is 14.0. The molecule has 2 aromatic rings. The van der Waals surface area contributed by atoms with Crippen LogP contribution < -0.4 is 16.2 Å². The van der Waals surface area contributed by atoms with Gasteiger partial charge >= 0.3 is 6.03 Å². The molecule has 0 saturated carbocycles. The van der Waals surface area contributed by atoms with Crippen molar-refractivity contribution in [2.24, 2.45) is 0 Å². The van der Waals surface area contributed by atoms with Crippen LogP contribution in [-0.4, -0.2) is 21.0 Å². The van der Waals surface area contributed by atoms with E-state index in [2.05, 4.69) is 25.6 Å². The summed E-state index contributed by atoms with van der Waals surface area (Å²) in [4.78, 5) is 33.8. The number of H-pyrrole nitrogens is 1. The number of rotatable bonds is 2. The molecule has 0 aliphatic heterocycles. The molecule has 2 amide bonds. The van der Waals surface area contributed by atoms with Gasteiger partial charge < -0.3 is 10.3 Å². The average Bonchev–Trinajstić information content (AvgIpc) is 2.42. The first-order valence-electron chi connectivity index (χ1n) is 5.72. The molecule has 0 aliphatic carbocycles. The highest BCUT2D eigenvalue weighted by atomic mass is 35.5. The number of aromatic nitrogens is 3. The lowest BCUT2D eigenvalue weighted by molar-refractivity contribution is 0.262. The summed E-state index contributed by atoms with van der Waals surface area (Å²) in [7, 11) is 0.